The van der Waals surface area contributed by atoms with E-state index in [0.29, 0.717) is 39.4 Å². The number of halogens is 3. The van der Waals surface area contributed by atoms with Crippen molar-refractivity contribution in [3.8, 4) is 0 Å². The molecule has 3 aliphatic heterocycles. The molecule has 2 unspecified atom stereocenters. The summed E-state index contributed by atoms with van der Waals surface area (Å²) < 4.78 is 44.2. The van der Waals surface area contributed by atoms with Gasteiger partial charge in [-0.3, -0.25) is 4.99 Å². The summed E-state index contributed by atoms with van der Waals surface area (Å²) in [5, 5.41) is 0. The molecular formula is C22H26F3N3O2. The number of benzene rings is 1. The zero-order valence-corrected chi connectivity index (χ0v) is 17.0. The van der Waals surface area contributed by atoms with Gasteiger partial charge in [0.1, 0.15) is 0 Å². The Morgan fingerprint density at radius 1 is 1.07 bits per heavy atom. The van der Waals surface area contributed by atoms with Gasteiger partial charge < -0.3 is 14.5 Å². The maximum absolute atomic E-state index is 13.1. The van der Waals surface area contributed by atoms with Crippen molar-refractivity contribution in [2.24, 2.45) is 10.9 Å². The lowest BCUT2D eigenvalue weighted by Crippen LogP contribution is -2.53. The number of allylic oxidation sites excluding steroid dienone is 2. The maximum atomic E-state index is 13.1. The number of alkyl halides is 3. The summed E-state index contributed by atoms with van der Waals surface area (Å²) in [6.07, 6.45) is -0.729. The van der Waals surface area contributed by atoms with Crippen molar-refractivity contribution in [3.63, 3.8) is 0 Å². The van der Waals surface area contributed by atoms with E-state index in [1.165, 1.54) is 0 Å². The van der Waals surface area contributed by atoms with Crippen molar-refractivity contribution >= 4 is 11.7 Å². The lowest BCUT2D eigenvalue weighted by atomic mass is 9.81. The lowest BCUT2D eigenvalue weighted by molar-refractivity contribution is -0.137. The first-order valence-electron chi connectivity index (χ1n) is 10.3. The fourth-order valence-electron chi connectivity index (χ4n) is 4.47. The van der Waals surface area contributed by atoms with E-state index in [2.05, 4.69) is 11.1 Å². The molecule has 3 heterocycles. The standard InChI is InChI=1S/C22H26F3N3O2/c1-15-2-7-20(26-15)18-12-17(16-3-5-19(6-4-16)22(23,24)25)13-28(14-18)21(29)27-8-10-30-11-9-27/h2-6,17-18H,7-14H2,1H3. The summed E-state index contributed by atoms with van der Waals surface area (Å²) in [5.74, 6) is 0.0735. The molecule has 0 bridgehead atoms. The average molecular weight is 421 g/mol. The predicted molar refractivity (Wildman–Crippen MR) is 107 cm³/mol. The Kier molecular flexibility index (Phi) is 5.86. The Morgan fingerprint density at radius 2 is 1.73 bits per heavy atom. The third kappa shape index (κ3) is 4.53. The molecule has 0 aliphatic carbocycles. The lowest BCUT2D eigenvalue weighted by Gasteiger charge is -2.41. The van der Waals surface area contributed by atoms with Crippen LogP contribution in [0.5, 0.6) is 0 Å². The molecule has 0 radical (unpaired) electrons. The summed E-state index contributed by atoms with van der Waals surface area (Å²) in [5.41, 5.74) is 2.22. The summed E-state index contributed by atoms with van der Waals surface area (Å²) in [7, 11) is 0. The van der Waals surface area contributed by atoms with Crippen LogP contribution in [0, 0.1) is 5.92 Å². The number of piperidine rings is 1. The molecule has 3 aliphatic rings. The summed E-state index contributed by atoms with van der Waals surface area (Å²) in [4.78, 5) is 21.4. The zero-order valence-electron chi connectivity index (χ0n) is 17.0. The Balaban J connectivity index is 1.56. The molecule has 0 aromatic heterocycles. The number of aliphatic imine (C=N–C) groups is 1. The second-order valence-corrected chi connectivity index (χ2v) is 8.19. The van der Waals surface area contributed by atoms with Gasteiger partial charge in [-0.2, -0.15) is 13.2 Å². The number of ether oxygens (including phenoxy) is 1. The number of hydrogen-bond donors (Lipinski definition) is 0. The fraction of sp³-hybridized carbons (Fsp3) is 0.545. The highest BCUT2D eigenvalue weighted by Gasteiger charge is 2.36. The molecule has 0 N–H and O–H groups in total. The van der Waals surface area contributed by atoms with Crippen molar-refractivity contribution in [1.29, 1.82) is 0 Å². The van der Waals surface area contributed by atoms with Gasteiger partial charge in [0.05, 0.1) is 18.8 Å². The van der Waals surface area contributed by atoms with Crippen molar-refractivity contribution in [2.45, 2.75) is 31.9 Å². The molecule has 5 nitrogen and oxygen atoms in total. The van der Waals surface area contributed by atoms with Crippen molar-refractivity contribution in [3.05, 3.63) is 47.2 Å². The molecule has 1 aromatic rings. The molecular weight excluding hydrogens is 395 g/mol. The van der Waals surface area contributed by atoms with Crippen LogP contribution in [0.2, 0.25) is 0 Å². The van der Waals surface area contributed by atoms with E-state index in [1.807, 2.05) is 11.8 Å². The number of carbonyl (C=O) groups is 1. The quantitative estimate of drug-likeness (QED) is 0.714. The van der Waals surface area contributed by atoms with Crippen LogP contribution in [0.4, 0.5) is 18.0 Å². The summed E-state index contributed by atoms with van der Waals surface area (Å²) >= 11 is 0. The molecule has 2 atom stereocenters. The van der Waals surface area contributed by atoms with Crippen LogP contribution < -0.4 is 0 Å². The van der Waals surface area contributed by atoms with Crippen LogP contribution in [0.3, 0.4) is 0 Å². The van der Waals surface area contributed by atoms with E-state index in [0.717, 1.165) is 41.9 Å². The minimum atomic E-state index is -4.35. The number of urea groups is 1. The SMILES string of the molecule is CC1=CCC(C2CC(c3ccc(C(F)(F)F)cc3)CN(C(=O)N3CCOCC3)C2)=N1. The van der Waals surface area contributed by atoms with Gasteiger partial charge in [0.2, 0.25) is 0 Å². The van der Waals surface area contributed by atoms with Crippen molar-refractivity contribution in [1.82, 2.24) is 9.80 Å². The number of rotatable bonds is 2. The van der Waals surface area contributed by atoms with Crippen LogP contribution >= 0.6 is 0 Å². The summed E-state index contributed by atoms with van der Waals surface area (Å²) in [6.45, 7) is 5.23. The van der Waals surface area contributed by atoms with E-state index in [9.17, 15) is 18.0 Å². The topological polar surface area (TPSA) is 45.1 Å². The van der Waals surface area contributed by atoms with E-state index in [1.54, 1.807) is 17.0 Å². The van der Waals surface area contributed by atoms with E-state index in [4.69, 9.17) is 4.74 Å². The monoisotopic (exact) mass is 421 g/mol. The van der Waals surface area contributed by atoms with Crippen molar-refractivity contribution in [2.75, 3.05) is 39.4 Å². The maximum Gasteiger partial charge on any atom is 0.416 e. The third-order valence-electron chi connectivity index (χ3n) is 6.11. The molecule has 2 fully saturated rings. The van der Waals surface area contributed by atoms with E-state index < -0.39 is 11.7 Å². The number of amides is 2. The van der Waals surface area contributed by atoms with Gasteiger partial charge in [0, 0.05) is 55.8 Å². The van der Waals surface area contributed by atoms with Crippen LogP contribution in [0.1, 0.15) is 36.8 Å². The predicted octanol–water partition coefficient (Wildman–Crippen LogP) is 4.31. The minimum absolute atomic E-state index is 0.0248. The number of carbonyl (C=O) groups excluding carboxylic acids is 1. The van der Waals surface area contributed by atoms with E-state index >= 15 is 0 Å². The zero-order chi connectivity index (χ0) is 21.3. The van der Waals surface area contributed by atoms with E-state index in [-0.39, 0.29) is 17.9 Å². The highest BCUT2D eigenvalue weighted by molar-refractivity contribution is 5.91. The van der Waals surface area contributed by atoms with Gasteiger partial charge in [-0.1, -0.05) is 18.2 Å². The number of likely N-dealkylation sites (tertiary alicyclic amines) is 1. The first kappa shape index (κ1) is 20.9. The largest absolute Gasteiger partial charge is 0.416 e. The molecule has 1 aromatic carbocycles. The van der Waals surface area contributed by atoms with Gasteiger partial charge in [-0.05, 0) is 31.0 Å². The van der Waals surface area contributed by atoms with Gasteiger partial charge in [0.15, 0.2) is 0 Å². The molecule has 4 rings (SSSR count). The van der Waals surface area contributed by atoms with Crippen LogP contribution in [-0.4, -0.2) is 60.9 Å². The first-order chi connectivity index (χ1) is 14.3. The number of nitrogens with zero attached hydrogens (tertiary/aromatic N) is 3. The summed E-state index contributed by atoms with van der Waals surface area (Å²) in [6, 6.07) is 5.33. The van der Waals surface area contributed by atoms with Crippen LogP contribution in [0.15, 0.2) is 41.0 Å². The second-order valence-electron chi connectivity index (χ2n) is 8.19. The highest BCUT2D eigenvalue weighted by Crippen LogP contribution is 2.36. The number of hydrogen-bond acceptors (Lipinski definition) is 3. The van der Waals surface area contributed by atoms with Gasteiger partial charge in [-0.25, -0.2) is 4.79 Å². The van der Waals surface area contributed by atoms with Crippen LogP contribution in [-0.2, 0) is 10.9 Å². The first-order valence-corrected chi connectivity index (χ1v) is 10.3. The third-order valence-corrected chi connectivity index (χ3v) is 6.11. The molecule has 2 amide bonds. The van der Waals surface area contributed by atoms with Gasteiger partial charge in [-0.15, -0.1) is 0 Å². The van der Waals surface area contributed by atoms with Gasteiger partial charge in [0.25, 0.3) is 0 Å². The molecule has 8 heteroatoms. The Hall–Kier alpha value is -2.35. The Morgan fingerprint density at radius 3 is 2.33 bits per heavy atom. The minimum Gasteiger partial charge on any atom is -0.378 e. The highest BCUT2D eigenvalue weighted by atomic mass is 19.4. The molecule has 2 saturated heterocycles. The normalized spacial score (nSPS) is 25.2. The number of morpholine rings is 1. The van der Waals surface area contributed by atoms with Gasteiger partial charge >= 0.3 is 12.2 Å². The average Bonchev–Trinajstić information content (AvgIpc) is 3.19. The molecule has 0 spiro atoms. The molecule has 162 valence electrons. The Labute approximate surface area is 174 Å². The second kappa shape index (κ2) is 8.41. The molecule has 0 saturated carbocycles. The smallest absolute Gasteiger partial charge is 0.378 e. The Bertz CT molecular complexity index is 842. The van der Waals surface area contributed by atoms with Crippen molar-refractivity contribution < 1.29 is 22.7 Å². The fourth-order valence-corrected chi connectivity index (χ4v) is 4.47. The molecule has 30 heavy (non-hydrogen) atoms. The van der Waals surface area contributed by atoms with Crippen LogP contribution in [0.25, 0.3) is 0 Å².